The molecule has 0 aromatic heterocycles. The normalized spacial score (nSPS) is 19.9. The Bertz CT molecular complexity index is 978. The van der Waals surface area contributed by atoms with Gasteiger partial charge in [0, 0.05) is 22.6 Å². The Kier molecular flexibility index (Phi) is 5.81. The van der Waals surface area contributed by atoms with Crippen molar-refractivity contribution in [2.75, 3.05) is 12.3 Å². The summed E-state index contributed by atoms with van der Waals surface area (Å²) in [5, 5.41) is 9.10. The fourth-order valence-electron chi connectivity index (χ4n) is 3.36. The van der Waals surface area contributed by atoms with Crippen molar-refractivity contribution in [3.8, 4) is 11.1 Å². The molecule has 0 saturated carbocycles. The van der Waals surface area contributed by atoms with Gasteiger partial charge in [-0.15, -0.1) is 0 Å². The molecule has 2 aromatic rings. The highest BCUT2D eigenvalue weighted by Gasteiger charge is 2.48. The number of nitrogens with zero attached hydrogens (tertiary/aromatic N) is 1. The minimum absolute atomic E-state index is 0.00558. The van der Waals surface area contributed by atoms with Gasteiger partial charge in [0.05, 0.1) is 4.90 Å². The molecule has 0 unspecified atom stereocenters. The summed E-state index contributed by atoms with van der Waals surface area (Å²) in [5.74, 6) is -0.647. The quantitative estimate of drug-likeness (QED) is 0.582. The summed E-state index contributed by atoms with van der Waals surface area (Å²) in [7, 11) is -3.99. The predicted octanol–water partition coefficient (Wildman–Crippen LogP) is 2.88. The number of carbonyl (C=O) groups excluding carboxylic acids is 1. The minimum atomic E-state index is -3.99. The molecule has 0 aliphatic carbocycles. The summed E-state index contributed by atoms with van der Waals surface area (Å²) in [5.41, 5.74) is 2.51. The lowest BCUT2D eigenvalue weighted by Crippen LogP contribution is -2.61. The van der Waals surface area contributed by atoms with Crippen molar-refractivity contribution in [2.45, 2.75) is 29.5 Å². The van der Waals surface area contributed by atoms with E-state index in [1.165, 1.54) is 42.1 Å². The number of thioether (sulfide) groups is 1. The summed E-state index contributed by atoms with van der Waals surface area (Å²) in [4.78, 5) is 12.2. The molecule has 1 amide bonds. The van der Waals surface area contributed by atoms with E-state index in [9.17, 15) is 17.6 Å². The molecule has 1 atom stereocenters. The molecule has 2 aromatic carbocycles. The second kappa shape index (κ2) is 7.82. The van der Waals surface area contributed by atoms with E-state index in [0.717, 1.165) is 4.31 Å². The molecule has 1 aliphatic heterocycles. The third kappa shape index (κ3) is 3.80. The van der Waals surface area contributed by atoms with Crippen molar-refractivity contribution in [1.82, 2.24) is 9.79 Å². The fourth-order valence-corrected chi connectivity index (χ4v) is 6.47. The van der Waals surface area contributed by atoms with Crippen LogP contribution in [0, 0.1) is 5.82 Å². The largest absolute Gasteiger partial charge is 0.289 e. The molecule has 0 spiro atoms. The van der Waals surface area contributed by atoms with Gasteiger partial charge in [0.2, 0.25) is 10.0 Å². The highest BCUT2D eigenvalue weighted by molar-refractivity contribution is 8.00. The topological polar surface area (TPSA) is 86.7 Å². The van der Waals surface area contributed by atoms with Gasteiger partial charge in [0.15, 0.2) is 0 Å². The SMILES string of the molecule is CC1(C)SCCN(S(=O)(=O)c2ccc(-c3ccccc3F)cc2)[C@H]1C(=O)NO. The van der Waals surface area contributed by atoms with Gasteiger partial charge in [-0.2, -0.15) is 16.1 Å². The Morgan fingerprint density at radius 3 is 2.46 bits per heavy atom. The number of amides is 1. The molecule has 0 radical (unpaired) electrons. The van der Waals surface area contributed by atoms with E-state index in [4.69, 9.17) is 5.21 Å². The molecule has 150 valence electrons. The van der Waals surface area contributed by atoms with E-state index in [1.807, 2.05) is 0 Å². The first kappa shape index (κ1) is 20.8. The zero-order valence-electron chi connectivity index (χ0n) is 15.4. The zero-order chi connectivity index (χ0) is 20.5. The van der Waals surface area contributed by atoms with Crippen LogP contribution in [0.15, 0.2) is 53.4 Å². The highest BCUT2D eigenvalue weighted by Crippen LogP contribution is 2.38. The molecule has 1 saturated heterocycles. The van der Waals surface area contributed by atoms with Crippen LogP contribution < -0.4 is 5.48 Å². The lowest BCUT2D eigenvalue weighted by molar-refractivity contribution is -0.134. The van der Waals surface area contributed by atoms with E-state index in [1.54, 1.807) is 37.5 Å². The number of halogens is 1. The van der Waals surface area contributed by atoms with Crippen LogP contribution in [0.3, 0.4) is 0 Å². The minimum Gasteiger partial charge on any atom is -0.289 e. The van der Waals surface area contributed by atoms with Crippen molar-refractivity contribution in [3.63, 3.8) is 0 Å². The predicted molar refractivity (Wildman–Crippen MR) is 106 cm³/mol. The van der Waals surface area contributed by atoms with Crippen LogP contribution in [0.4, 0.5) is 4.39 Å². The number of sulfonamides is 1. The van der Waals surface area contributed by atoms with Crippen molar-refractivity contribution in [2.24, 2.45) is 0 Å². The van der Waals surface area contributed by atoms with Gasteiger partial charge in [-0.3, -0.25) is 10.0 Å². The van der Waals surface area contributed by atoms with Crippen LogP contribution in [0.1, 0.15) is 13.8 Å². The number of hydrogen-bond acceptors (Lipinski definition) is 5. The Hall–Kier alpha value is -1.94. The smallest absolute Gasteiger partial charge is 0.263 e. The first-order chi connectivity index (χ1) is 13.2. The molecule has 1 heterocycles. The second-order valence-electron chi connectivity index (χ2n) is 6.95. The molecular weight excluding hydrogens is 403 g/mol. The maximum atomic E-state index is 14.0. The summed E-state index contributed by atoms with van der Waals surface area (Å²) in [6.45, 7) is 3.67. The summed E-state index contributed by atoms with van der Waals surface area (Å²) in [6.07, 6.45) is 0. The van der Waals surface area contributed by atoms with Crippen molar-refractivity contribution in [1.29, 1.82) is 0 Å². The molecule has 6 nitrogen and oxygen atoms in total. The van der Waals surface area contributed by atoms with Crippen LogP contribution in [0.5, 0.6) is 0 Å². The lowest BCUT2D eigenvalue weighted by atomic mass is 10.0. The van der Waals surface area contributed by atoms with Gasteiger partial charge >= 0.3 is 0 Å². The summed E-state index contributed by atoms with van der Waals surface area (Å²) < 4.78 is 40.8. The van der Waals surface area contributed by atoms with E-state index < -0.39 is 32.5 Å². The Labute approximate surface area is 167 Å². The summed E-state index contributed by atoms with van der Waals surface area (Å²) in [6, 6.07) is 11.1. The second-order valence-corrected chi connectivity index (χ2v) is 10.6. The fraction of sp³-hybridized carbons (Fsp3) is 0.316. The zero-order valence-corrected chi connectivity index (χ0v) is 17.1. The molecule has 0 bridgehead atoms. The number of hydrogen-bond donors (Lipinski definition) is 2. The van der Waals surface area contributed by atoms with E-state index >= 15 is 0 Å². The molecule has 1 fully saturated rings. The number of carbonyl (C=O) groups is 1. The molecule has 9 heteroatoms. The number of rotatable bonds is 4. The molecule has 2 N–H and O–H groups in total. The number of hydroxylamine groups is 1. The van der Waals surface area contributed by atoms with Crippen molar-refractivity contribution >= 4 is 27.7 Å². The number of nitrogens with one attached hydrogen (secondary N) is 1. The monoisotopic (exact) mass is 424 g/mol. The molecule has 1 aliphatic rings. The van der Waals surface area contributed by atoms with Gasteiger partial charge in [0.25, 0.3) is 5.91 Å². The first-order valence-electron chi connectivity index (χ1n) is 8.63. The Morgan fingerprint density at radius 2 is 1.86 bits per heavy atom. The van der Waals surface area contributed by atoms with E-state index in [2.05, 4.69) is 0 Å². The van der Waals surface area contributed by atoms with Crippen LogP contribution in [0.25, 0.3) is 11.1 Å². The Morgan fingerprint density at radius 1 is 1.21 bits per heavy atom. The standard InChI is InChI=1S/C19H21FN2O4S2/c1-19(2)17(18(23)21-24)22(11-12-27-19)28(25,26)14-9-7-13(8-10-14)15-5-3-4-6-16(15)20/h3-10,17,24H,11-12H2,1-2H3,(H,21,23)/t17-/m0/s1. The maximum Gasteiger partial charge on any atom is 0.263 e. The maximum absolute atomic E-state index is 14.0. The van der Waals surface area contributed by atoms with Crippen LogP contribution in [-0.2, 0) is 14.8 Å². The van der Waals surface area contributed by atoms with Gasteiger partial charge in [-0.05, 0) is 37.6 Å². The first-order valence-corrected chi connectivity index (χ1v) is 11.1. The average Bonchev–Trinajstić information content (AvgIpc) is 2.67. The molecule has 3 rings (SSSR count). The van der Waals surface area contributed by atoms with E-state index in [0.29, 0.717) is 16.9 Å². The lowest BCUT2D eigenvalue weighted by Gasteiger charge is -2.43. The van der Waals surface area contributed by atoms with Crippen LogP contribution in [0.2, 0.25) is 0 Å². The number of benzene rings is 2. The van der Waals surface area contributed by atoms with Gasteiger partial charge in [-0.25, -0.2) is 18.3 Å². The van der Waals surface area contributed by atoms with Crippen molar-refractivity contribution in [3.05, 3.63) is 54.3 Å². The molecular formula is C19H21FN2O4S2. The average molecular weight is 425 g/mol. The van der Waals surface area contributed by atoms with Gasteiger partial charge < -0.3 is 0 Å². The van der Waals surface area contributed by atoms with Crippen molar-refractivity contribution < 1.29 is 22.8 Å². The van der Waals surface area contributed by atoms with E-state index in [-0.39, 0.29) is 11.4 Å². The third-order valence-electron chi connectivity index (χ3n) is 4.74. The summed E-state index contributed by atoms with van der Waals surface area (Å²) >= 11 is 1.47. The Balaban J connectivity index is 1.98. The van der Waals surface area contributed by atoms with Gasteiger partial charge in [0.1, 0.15) is 11.9 Å². The van der Waals surface area contributed by atoms with Gasteiger partial charge in [-0.1, -0.05) is 30.3 Å². The third-order valence-corrected chi connectivity index (χ3v) is 7.97. The highest BCUT2D eigenvalue weighted by atomic mass is 32.2. The molecule has 28 heavy (non-hydrogen) atoms. The van der Waals surface area contributed by atoms with Crippen LogP contribution >= 0.6 is 11.8 Å². The van der Waals surface area contributed by atoms with Crippen LogP contribution in [-0.4, -0.2) is 46.9 Å².